The topological polar surface area (TPSA) is 51.0 Å². The predicted octanol–water partition coefficient (Wildman–Crippen LogP) is 0.785. The second kappa shape index (κ2) is 9.68. The van der Waals surface area contributed by atoms with Crippen LogP contribution in [-0.2, 0) is 9.47 Å². The minimum atomic E-state index is 0.112. The number of rotatable bonds is 9. The van der Waals surface area contributed by atoms with E-state index in [9.17, 15) is 0 Å². The van der Waals surface area contributed by atoms with Gasteiger partial charge in [-0.15, -0.1) is 0 Å². The Bertz CT molecular complexity index is 245. The first-order valence-corrected chi connectivity index (χ1v) is 7.87. The minimum Gasteiger partial charge on any atom is -0.383 e. The Labute approximate surface area is 124 Å². The van der Waals surface area contributed by atoms with E-state index in [1.165, 1.54) is 19.4 Å². The predicted molar refractivity (Wildman–Crippen MR) is 83.1 cm³/mol. The Hall–Kier alpha value is -0.200. The van der Waals surface area contributed by atoms with Crippen molar-refractivity contribution in [3.8, 4) is 0 Å². The molecule has 0 aromatic heterocycles. The zero-order valence-electron chi connectivity index (χ0n) is 13.6. The number of likely N-dealkylation sites (tertiary alicyclic amines) is 1. The number of ether oxygens (including phenoxy) is 2. The van der Waals surface area contributed by atoms with Gasteiger partial charge in [-0.05, 0) is 38.9 Å². The van der Waals surface area contributed by atoms with E-state index in [2.05, 4.69) is 16.7 Å². The molecule has 2 N–H and O–H groups in total. The highest BCUT2D eigenvalue weighted by atomic mass is 16.5. The SMILES string of the molecule is CCN1CCCC(CN)(N(CCOC)CCOC)CC1. The van der Waals surface area contributed by atoms with E-state index >= 15 is 0 Å². The molecule has 1 fully saturated rings. The third-order valence-electron chi connectivity index (χ3n) is 4.64. The minimum absolute atomic E-state index is 0.112. The van der Waals surface area contributed by atoms with Crippen molar-refractivity contribution in [2.24, 2.45) is 5.73 Å². The van der Waals surface area contributed by atoms with Crippen molar-refractivity contribution in [2.45, 2.75) is 31.7 Å². The smallest absolute Gasteiger partial charge is 0.0589 e. The van der Waals surface area contributed by atoms with Crippen LogP contribution in [0.5, 0.6) is 0 Å². The fourth-order valence-electron chi connectivity index (χ4n) is 3.19. The largest absolute Gasteiger partial charge is 0.383 e. The fourth-order valence-corrected chi connectivity index (χ4v) is 3.19. The number of nitrogens with two attached hydrogens (primary N) is 1. The monoisotopic (exact) mass is 287 g/mol. The number of nitrogens with zero attached hydrogens (tertiary/aromatic N) is 2. The van der Waals surface area contributed by atoms with Crippen LogP contribution < -0.4 is 5.73 Å². The highest BCUT2D eigenvalue weighted by molar-refractivity contribution is 4.94. The van der Waals surface area contributed by atoms with Gasteiger partial charge in [-0.2, -0.15) is 0 Å². The van der Waals surface area contributed by atoms with Gasteiger partial charge in [0.2, 0.25) is 0 Å². The van der Waals surface area contributed by atoms with E-state index in [1.807, 2.05) is 0 Å². The summed E-state index contributed by atoms with van der Waals surface area (Å²) < 4.78 is 10.5. The van der Waals surface area contributed by atoms with E-state index in [1.54, 1.807) is 14.2 Å². The number of hydrogen-bond acceptors (Lipinski definition) is 5. The maximum Gasteiger partial charge on any atom is 0.0589 e. The Morgan fingerprint density at radius 2 is 1.75 bits per heavy atom. The van der Waals surface area contributed by atoms with Crippen molar-refractivity contribution in [1.82, 2.24) is 9.80 Å². The second-order valence-electron chi connectivity index (χ2n) is 5.69. The van der Waals surface area contributed by atoms with Gasteiger partial charge in [0, 0.05) is 39.4 Å². The normalized spacial score (nSPS) is 25.1. The summed E-state index contributed by atoms with van der Waals surface area (Å²) in [6.45, 7) is 9.81. The van der Waals surface area contributed by atoms with Crippen molar-refractivity contribution in [3.05, 3.63) is 0 Å². The standard InChI is InChI=1S/C15H33N3O2/c1-4-17-8-5-6-15(14-16,7-9-17)18(10-12-19-2)11-13-20-3/h4-14,16H2,1-3H3. The summed E-state index contributed by atoms with van der Waals surface area (Å²) in [7, 11) is 3.52. The Balaban J connectivity index is 2.73. The van der Waals surface area contributed by atoms with E-state index in [0.29, 0.717) is 0 Å². The van der Waals surface area contributed by atoms with Crippen LogP contribution in [0.15, 0.2) is 0 Å². The molecule has 1 aliphatic rings. The van der Waals surface area contributed by atoms with Gasteiger partial charge in [0.1, 0.15) is 0 Å². The first-order valence-electron chi connectivity index (χ1n) is 7.87. The van der Waals surface area contributed by atoms with Gasteiger partial charge in [-0.25, -0.2) is 0 Å². The molecule has 0 aromatic carbocycles. The molecule has 0 aromatic rings. The van der Waals surface area contributed by atoms with Gasteiger partial charge in [0.05, 0.1) is 13.2 Å². The van der Waals surface area contributed by atoms with Crippen LogP contribution in [-0.4, -0.2) is 82.0 Å². The molecule has 5 nitrogen and oxygen atoms in total. The summed E-state index contributed by atoms with van der Waals surface area (Å²) in [6.07, 6.45) is 3.54. The van der Waals surface area contributed by atoms with Crippen LogP contribution >= 0.6 is 0 Å². The molecule has 1 heterocycles. The van der Waals surface area contributed by atoms with Gasteiger partial charge in [0.15, 0.2) is 0 Å². The number of methoxy groups -OCH3 is 2. The Kier molecular flexibility index (Phi) is 8.64. The molecule has 1 rings (SSSR count). The average molecular weight is 287 g/mol. The lowest BCUT2D eigenvalue weighted by Gasteiger charge is -2.43. The van der Waals surface area contributed by atoms with Gasteiger partial charge < -0.3 is 20.1 Å². The summed E-state index contributed by atoms with van der Waals surface area (Å²) in [5, 5.41) is 0. The molecule has 0 saturated carbocycles. The highest BCUT2D eigenvalue weighted by Crippen LogP contribution is 2.28. The quantitative estimate of drug-likeness (QED) is 0.679. The summed E-state index contributed by atoms with van der Waals surface area (Å²) >= 11 is 0. The van der Waals surface area contributed by atoms with Crippen LogP contribution in [0.4, 0.5) is 0 Å². The molecular weight excluding hydrogens is 254 g/mol. The van der Waals surface area contributed by atoms with Crippen LogP contribution in [0.25, 0.3) is 0 Å². The van der Waals surface area contributed by atoms with Gasteiger partial charge in [-0.3, -0.25) is 4.90 Å². The molecule has 0 bridgehead atoms. The summed E-state index contributed by atoms with van der Waals surface area (Å²) in [4.78, 5) is 5.03. The lowest BCUT2D eigenvalue weighted by Crippen LogP contribution is -2.56. The van der Waals surface area contributed by atoms with Crippen molar-refractivity contribution >= 4 is 0 Å². The first kappa shape index (κ1) is 17.9. The van der Waals surface area contributed by atoms with Crippen LogP contribution in [0.2, 0.25) is 0 Å². The Morgan fingerprint density at radius 1 is 1.10 bits per heavy atom. The van der Waals surface area contributed by atoms with Gasteiger partial charge in [-0.1, -0.05) is 6.92 Å². The zero-order valence-corrected chi connectivity index (χ0v) is 13.6. The number of hydrogen-bond donors (Lipinski definition) is 1. The van der Waals surface area contributed by atoms with Crippen molar-refractivity contribution in [2.75, 3.05) is 66.7 Å². The molecule has 5 heteroatoms. The molecule has 0 radical (unpaired) electrons. The Morgan fingerprint density at radius 3 is 2.25 bits per heavy atom. The van der Waals surface area contributed by atoms with E-state index in [0.717, 1.165) is 52.4 Å². The van der Waals surface area contributed by atoms with Crippen molar-refractivity contribution in [3.63, 3.8) is 0 Å². The van der Waals surface area contributed by atoms with Crippen LogP contribution in [0.1, 0.15) is 26.2 Å². The van der Waals surface area contributed by atoms with Crippen LogP contribution in [0, 0.1) is 0 Å². The third kappa shape index (κ3) is 4.97. The molecule has 0 amide bonds. The zero-order chi connectivity index (χ0) is 14.8. The summed E-state index contributed by atoms with van der Waals surface area (Å²) in [5.74, 6) is 0. The fraction of sp³-hybridized carbons (Fsp3) is 1.00. The molecule has 1 aliphatic heterocycles. The maximum atomic E-state index is 6.20. The van der Waals surface area contributed by atoms with E-state index in [4.69, 9.17) is 15.2 Å². The average Bonchev–Trinajstić information content (AvgIpc) is 2.70. The molecule has 1 atom stereocenters. The van der Waals surface area contributed by atoms with Crippen molar-refractivity contribution in [1.29, 1.82) is 0 Å². The molecule has 1 unspecified atom stereocenters. The lowest BCUT2D eigenvalue weighted by atomic mass is 9.88. The first-order chi connectivity index (χ1) is 9.72. The molecule has 0 aliphatic carbocycles. The third-order valence-corrected chi connectivity index (χ3v) is 4.64. The van der Waals surface area contributed by atoms with E-state index < -0.39 is 0 Å². The van der Waals surface area contributed by atoms with Gasteiger partial charge >= 0.3 is 0 Å². The molecule has 1 saturated heterocycles. The van der Waals surface area contributed by atoms with E-state index in [-0.39, 0.29) is 5.54 Å². The lowest BCUT2D eigenvalue weighted by molar-refractivity contribution is 0.0281. The highest BCUT2D eigenvalue weighted by Gasteiger charge is 2.36. The summed E-state index contributed by atoms with van der Waals surface area (Å²) in [5.41, 5.74) is 6.31. The molecule has 120 valence electrons. The maximum absolute atomic E-state index is 6.20. The van der Waals surface area contributed by atoms with Crippen LogP contribution in [0.3, 0.4) is 0 Å². The molecular formula is C15H33N3O2. The van der Waals surface area contributed by atoms with Gasteiger partial charge in [0.25, 0.3) is 0 Å². The van der Waals surface area contributed by atoms with Crippen molar-refractivity contribution < 1.29 is 9.47 Å². The molecule has 0 spiro atoms. The summed E-state index contributed by atoms with van der Waals surface area (Å²) in [6, 6.07) is 0. The molecule has 20 heavy (non-hydrogen) atoms. The second-order valence-corrected chi connectivity index (χ2v) is 5.69.